The first-order valence-electron chi connectivity index (χ1n) is 6.75. The zero-order chi connectivity index (χ0) is 13.2. The molecule has 1 fully saturated rings. The lowest BCUT2D eigenvalue weighted by atomic mass is 9.69. The molecule has 1 N–H and O–H groups in total. The predicted octanol–water partition coefficient (Wildman–Crippen LogP) is 3.81. The van der Waals surface area contributed by atoms with E-state index in [2.05, 4.69) is 13.0 Å². The Hall–Kier alpha value is -1.33. The van der Waals surface area contributed by atoms with Gasteiger partial charge < -0.3 is 5.11 Å². The molecular formula is C16H21NO. The molecule has 0 radical (unpaired) electrons. The Balaban J connectivity index is 2.31. The van der Waals surface area contributed by atoms with Crippen LogP contribution in [-0.4, -0.2) is 5.11 Å². The van der Waals surface area contributed by atoms with Crippen LogP contribution in [0.5, 0.6) is 0 Å². The van der Waals surface area contributed by atoms with Crippen molar-refractivity contribution in [2.45, 2.75) is 52.1 Å². The van der Waals surface area contributed by atoms with Gasteiger partial charge in [-0.3, -0.25) is 0 Å². The lowest BCUT2D eigenvalue weighted by Crippen LogP contribution is -2.30. The molecule has 1 aromatic rings. The summed E-state index contributed by atoms with van der Waals surface area (Å²) >= 11 is 0. The Morgan fingerprint density at radius 2 is 1.83 bits per heavy atom. The van der Waals surface area contributed by atoms with E-state index >= 15 is 0 Å². The third kappa shape index (κ3) is 2.28. The second kappa shape index (κ2) is 5.12. The molecule has 1 saturated carbocycles. The Bertz CT molecular complexity index is 466. The van der Waals surface area contributed by atoms with Crippen LogP contribution in [0, 0.1) is 30.6 Å². The molecule has 0 aliphatic heterocycles. The number of hydrogen-bond donors (Lipinski definition) is 1. The number of benzene rings is 1. The quantitative estimate of drug-likeness (QED) is 0.858. The summed E-state index contributed by atoms with van der Waals surface area (Å²) in [6.45, 7) is 4.11. The SMILES string of the molecule is Cc1ccc(C(O)C2(C#N)CCCCC2)cc1C. The molecule has 18 heavy (non-hydrogen) atoms. The highest BCUT2D eigenvalue weighted by Crippen LogP contribution is 2.45. The topological polar surface area (TPSA) is 44.0 Å². The van der Waals surface area contributed by atoms with Crippen LogP contribution in [0.15, 0.2) is 18.2 Å². The summed E-state index contributed by atoms with van der Waals surface area (Å²) in [5, 5.41) is 20.1. The fourth-order valence-electron chi connectivity index (χ4n) is 2.88. The molecule has 96 valence electrons. The second-order valence-electron chi connectivity index (χ2n) is 5.57. The Morgan fingerprint density at radius 3 is 2.39 bits per heavy atom. The number of rotatable bonds is 2. The van der Waals surface area contributed by atoms with Crippen LogP contribution < -0.4 is 0 Å². The van der Waals surface area contributed by atoms with E-state index in [-0.39, 0.29) is 0 Å². The van der Waals surface area contributed by atoms with Gasteiger partial charge in [0.15, 0.2) is 0 Å². The summed E-state index contributed by atoms with van der Waals surface area (Å²) in [5.74, 6) is 0. The predicted molar refractivity (Wildman–Crippen MR) is 72.0 cm³/mol. The van der Waals surface area contributed by atoms with E-state index in [1.807, 2.05) is 25.1 Å². The Morgan fingerprint density at radius 1 is 1.17 bits per heavy atom. The normalized spacial score (nSPS) is 20.1. The minimum atomic E-state index is -0.651. The van der Waals surface area contributed by atoms with Crippen LogP contribution in [0.4, 0.5) is 0 Å². The highest BCUT2D eigenvalue weighted by atomic mass is 16.3. The first kappa shape index (κ1) is 13.1. The minimum Gasteiger partial charge on any atom is -0.387 e. The molecule has 0 saturated heterocycles. The monoisotopic (exact) mass is 243 g/mol. The lowest BCUT2D eigenvalue weighted by Gasteiger charge is -2.35. The fourth-order valence-corrected chi connectivity index (χ4v) is 2.88. The molecule has 1 unspecified atom stereocenters. The van der Waals surface area contributed by atoms with Crippen molar-refractivity contribution < 1.29 is 5.11 Å². The maximum absolute atomic E-state index is 10.6. The van der Waals surface area contributed by atoms with E-state index in [4.69, 9.17) is 0 Å². The first-order valence-corrected chi connectivity index (χ1v) is 6.75. The van der Waals surface area contributed by atoms with Crippen molar-refractivity contribution in [1.29, 1.82) is 5.26 Å². The van der Waals surface area contributed by atoms with Gasteiger partial charge in [0.2, 0.25) is 0 Å². The summed E-state index contributed by atoms with van der Waals surface area (Å²) in [5.41, 5.74) is 2.72. The van der Waals surface area contributed by atoms with Gasteiger partial charge in [0, 0.05) is 0 Å². The van der Waals surface area contributed by atoms with Crippen molar-refractivity contribution in [2.24, 2.45) is 5.41 Å². The molecular weight excluding hydrogens is 222 g/mol. The minimum absolute atomic E-state index is 0.569. The summed E-state index contributed by atoms with van der Waals surface area (Å²) < 4.78 is 0. The van der Waals surface area contributed by atoms with E-state index in [1.54, 1.807) is 0 Å². The van der Waals surface area contributed by atoms with Crippen molar-refractivity contribution in [3.63, 3.8) is 0 Å². The average Bonchev–Trinajstić information content (AvgIpc) is 2.42. The van der Waals surface area contributed by atoms with E-state index < -0.39 is 11.5 Å². The Kier molecular flexibility index (Phi) is 3.73. The summed E-state index contributed by atoms with van der Waals surface area (Å²) in [6, 6.07) is 8.41. The van der Waals surface area contributed by atoms with Gasteiger partial charge >= 0.3 is 0 Å². The zero-order valence-electron chi connectivity index (χ0n) is 11.2. The fraction of sp³-hybridized carbons (Fsp3) is 0.562. The molecule has 0 bridgehead atoms. The molecule has 0 heterocycles. The number of aryl methyl sites for hydroxylation is 2. The van der Waals surface area contributed by atoms with Gasteiger partial charge in [0.1, 0.15) is 0 Å². The molecule has 0 aromatic heterocycles. The molecule has 1 aliphatic rings. The van der Waals surface area contributed by atoms with Crippen molar-refractivity contribution in [2.75, 3.05) is 0 Å². The van der Waals surface area contributed by atoms with Crippen molar-refractivity contribution in [1.82, 2.24) is 0 Å². The van der Waals surface area contributed by atoms with Gasteiger partial charge in [-0.2, -0.15) is 5.26 Å². The summed E-state index contributed by atoms with van der Waals surface area (Å²) in [6.07, 6.45) is 4.27. The number of nitrogens with zero attached hydrogens (tertiary/aromatic N) is 1. The lowest BCUT2D eigenvalue weighted by molar-refractivity contribution is 0.0359. The third-order valence-electron chi connectivity index (χ3n) is 4.34. The molecule has 2 rings (SSSR count). The maximum Gasteiger partial charge on any atom is 0.0976 e. The van der Waals surface area contributed by atoms with Gasteiger partial charge in [-0.25, -0.2) is 0 Å². The van der Waals surface area contributed by atoms with E-state index in [9.17, 15) is 10.4 Å². The zero-order valence-corrected chi connectivity index (χ0v) is 11.2. The van der Waals surface area contributed by atoms with Crippen LogP contribution in [-0.2, 0) is 0 Å². The molecule has 0 amide bonds. The molecule has 1 atom stereocenters. The van der Waals surface area contributed by atoms with E-state index in [1.165, 1.54) is 17.5 Å². The molecule has 1 aliphatic carbocycles. The number of nitriles is 1. The van der Waals surface area contributed by atoms with Crippen LogP contribution in [0.1, 0.15) is 54.9 Å². The maximum atomic E-state index is 10.6. The number of hydrogen-bond acceptors (Lipinski definition) is 2. The van der Waals surface area contributed by atoms with E-state index in [0.29, 0.717) is 0 Å². The molecule has 2 nitrogen and oxygen atoms in total. The molecule has 1 aromatic carbocycles. The smallest absolute Gasteiger partial charge is 0.0976 e. The Labute approximate surface area is 109 Å². The number of aliphatic hydroxyl groups excluding tert-OH is 1. The van der Waals surface area contributed by atoms with Gasteiger partial charge in [-0.1, -0.05) is 37.5 Å². The van der Waals surface area contributed by atoms with Gasteiger partial charge in [-0.05, 0) is 43.4 Å². The van der Waals surface area contributed by atoms with E-state index in [0.717, 1.165) is 31.2 Å². The van der Waals surface area contributed by atoms with Crippen LogP contribution in [0.25, 0.3) is 0 Å². The third-order valence-corrected chi connectivity index (χ3v) is 4.34. The van der Waals surface area contributed by atoms with Crippen LogP contribution in [0.2, 0.25) is 0 Å². The number of aliphatic hydroxyl groups is 1. The highest BCUT2D eigenvalue weighted by Gasteiger charge is 2.40. The van der Waals surface area contributed by atoms with Gasteiger partial charge in [0.05, 0.1) is 17.6 Å². The standard InChI is InChI=1S/C16H21NO/c1-12-6-7-14(10-13(12)2)15(18)16(11-17)8-4-3-5-9-16/h6-7,10,15,18H,3-5,8-9H2,1-2H3. The van der Waals surface area contributed by atoms with Gasteiger partial charge in [0.25, 0.3) is 0 Å². The van der Waals surface area contributed by atoms with Crippen LogP contribution in [0.3, 0.4) is 0 Å². The van der Waals surface area contributed by atoms with Crippen molar-refractivity contribution in [3.8, 4) is 6.07 Å². The van der Waals surface area contributed by atoms with Crippen LogP contribution >= 0.6 is 0 Å². The summed E-state index contributed by atoms with van der Waals surface area (Å²) in [4.78, 5) is 0. The summed E-state index contributed by atoms with van der Waals surface area (Å²) in [7, 11) is 0. The van der Waals surface area contributed by atoms with Crippen molar-refractivity contribution >= 4 is 0 Å². The molecule has 0 spiro atoms. The largest absolute Gasteiger partial charge is 0.387 e. The molecule has 2 heteroatoms. The first-order chi connectivity index (χ1) is 8.59. The van der Waals surface area contributed by atoms with Gasteiger partial charge in [-0.15, -0.1) is 0 Å². The van der Waals surface area contributed by atoms with Crippen molar-refractivity contribution in [3.05, 3.63) is 34.9 Å². The highest BCUT2D eigenvalue weighted by molar-refractivity contribution is 5.33. The second-order valence-corrected chi connectivity index (χ2v) is 5.57. The average molecular weight is 243 g/mol.